The average Bonchev–Trinajstić information content (AvgIpc) is 3.14. The van der Waals surface area contributed by atoms with E-state index in [1.54, 1.807) is 5.19 Å². The van der Waals surface area contributed by atoms with E-state index in [1.807, 2.05) is 0 Å². The summed E-state index contributed by atoms with van der Waals surface area (Å²) in [5.41, 5.74) is 2.66. The molecule has 0 amide bonds. The molecule has 0 spiro atoms. The highest BCUT2D eigenvalue weighted by Crippen LogP contribution is 2.69. The topological polar surface area (TPSA) is 26.3 Å². The molecule has 4 heteroatoms. The van der Waals surface area contributed by atoms with Crippen LogP contribution in [0.1, 0.15) is 79.6 Å². The monoisotopic (exact) mass is 536 g/mol. The van der Waals surface area contributed by atoms with E-state index in [1.165, 1.54) is 31.3 Å². The fourth-order valence-corrected chi connectivity index (χ4v) is 14.1. The van der Waals surface area contributed by atoms with Crippen molar-refractivity contribution in [2.45, 2.75) is 122 Å². The average molecular weight is 537 g/mol. The number of carbonyl (C=O) groups excluding carboxylic acids is 1. The lowest BCUT2D eigenvalue weighted by Crippen LogP contribution is -2.60. The van der Waals surface area contributed by atoms with Crippen LogP contribution >= 0.6 is 0 Å². The second-order valence-corrected chi connectivity index (χ2v) is 25.2. The van der Waals surface area contributed by atoms with Crippen molar-refractivity contribution in [3.8, 4) is 0 Å². The molecule has 5 rings (SSSR count). The standard InChI is InChI=1S/C33H52O2Si2/c1-31(2,3)37(8,9)35-29-16-15-26-30-27(18-20-33(26,29)5)32(4)19-17-24(34)21-23(32)22-28(30)36(6,7)25-13-11-10-12-14-25/h10-14,21,26-30H,15-20,22H2,1-9H3/t26-,27-,28+,29-,30-,32-,33-/m0/s1. The number of ketones is 1. The van der Waals surface area contributed by atoms with Crippen molar-refractivity contribution in [2.24, 2.45) is 28.6 Å². The van der Waals surface area contributed by atoms with E-state index in [-0.39, 0.29) is 15.9 Å². The molecule has 2 nitrogen and oxygen atoms in total. The highest BCUT2D eigenvalue weighted by Gasteiger charge is 2.64. The number of fused-ring (bicyclic) bond motifs is 5. The molecule has 3 saturated carbocycles. The van der Waals surface area contributed by atoms with E-state index in [0.717, 1.165) is 31.1 Å². The molecule has 204 valence electrons. The van der Waals surface area contributed by atoms with Gasteiger partial charge >= 0.3 is 0 Å². The highest BCUT2D eigenvalue weighted by molar-refractivity contribution is 6.91. The maximum absolute atomic E-state index is 12.7. The maximum Gasteiger partial charge on any atom is 0.192 e. The lowest BCUT2D eigenvalue weighted by molar-refractivity contribution is -0.117. The third-order valence-electron chi connectivity index (χ3n) is 12.6. The molecular formula is C33H52O2Si2. The van der Waals surface area contributed by atoms with Crippen molar-refractivity contribution in [3.05, 3.63) is 42.0 Å². The van der Waals surface area contributed by atoms with Gasteiger partial charge in [-0.25, -0.2) is 0 Å². The van der Waals surface area contributed by atoms with Crippen molar-refractivity contribution in [3.63, 3.8) is 0 Å². The molecule has 0 aliphatic heterocycles. The van der Waals surface area contributed by atoms with Gasteiger partial charge in [0.2, 0.25) is 0 Å². The van der Waals surface area contributed by atoms with Crippen molar-refractivity contribution < 1.29 is 9.22 Å². The minimum Gasteiger partial charge on any atom is -0.413 e. The maximum atomic E-state index is 12.7. The minimum absolute atomic E-state index is 0.204. The van der Waals surface area contributed by atoms with Gasteiger partial charge in [-0.3, -0.25) is 4.79 Å². The van der Waals surface area contributed by atoms with Crippen molar-refractivity contribution >= 4 is 27.4 Å². The number of benzene rings is 1. The lowest BCUT2D eigenvalue weighted by atomic mass is 9.47. The summed E-state index contributed by atoms with van der Waals surface area (Å²) in [7, 11) is -3.63. The third kappa shape index (κ3) is 4.32. The van der Waals surface area contributed by atoms with E-state index in [0.29, 0.717) is 23.3 Å². The molecule has 1 aromatic rings. The van der Waals surface area contributed by atoms with Crippen LogP contribution < -0.4 is 5.19 Å². The summed E-state index contributed by atoms with van der Waals surface area (Å²) in [5, 5.41) is 1.83. The summed E-state index contributed by atoms with van der Waals surface area (Å²) < 4.78 is 7.26. The van der Waals surface area contributed by atoms with Gasteiger partial charge in [0.15, 0.2) is 14.1 Å². The van der Waals surface area contributed by atoms with Crippen LogP contribution in [0.15, 0.2) is 42.0 Å². The number of rotatable bonds is 4. The first-order chi connectivity index (χ1) is 17.1. The largest absolute Gasteiger partial charge is 0.413 e. The Labute approximate surface area is 229 Å². The summed E-state index contributed by atoms with van der Waals surface area (Å²) >= 11 is 0. The molecule has 0 radical (unpaired) electrons. The first-order valence-corrected chi connectivity index (χ1v) is 21.1. The fraction of sp³-hybridized carbons (Fsp3) is 0.727. The Morgan fingerprint density at radius 2 is 1.59 bits per heavy atom. The van der Waals surface area contributed by atoms with Gasteiger partial charge in [0, 0.05) is 6.42 Å². The summed E-state index contributed by atoms with van der Waals surface area (Å²) in [6.45, 7) is 22.5. The quantitative estimate of drug-likeness (QED) is 0.361. The summed E-state index contributed by atoms with van der Waals surface area (Å²) in [5.74, 6) is 2.54. The Balaban J connectivity index is 1.57. The van der Waals surface area contributed by atoms with E-state index < -0.39 is 16.4 Å². The highest BCUT2D eigenvalue weighted by atomic mass is 28.4. The van der Waals surface area contributed by atoms with Crippen molar-refractivity contribution in [1.29, 1.82) is 0 Å². The van der Waals surface area contributed by atoms with Gasteiger partial charge in [-0.1, -0.05) is 88.8 Å². The lowest BCUT2D eigenvalue weighted by Gasteiger charge is -2.63. The van der Waals surface area contributed by atoms with Crippen molar-refractivity contribution in [2.75, 3.05) is 0 Å². The number of carbonyl (C=O) groups is 1. The first kappa shape index (κ1) is 27.6. The van der Waals surface area contributed by atoms with Crippen LogP contribution in [-0.2, 0) is 9.22 Å². The third-order valence-corrected chi connectivity index (χ3v) is 21.4. The molecule has 37 heavy (non-hydrogen) atoms. The van der Waals surface area contributed by atoms with Crippen LogP contribution in [-0.4, -0.2) is 28.3 Å². The van der Waals surface area contributed by atoms with Gasteiger partial charge in [0.05, 0.1) is 14.2 Å². The predicted molar refractivity (Wildman–Crippen MR) is 161 cm³/mol. The van der Waals surface area contributed by atoms with Gasteiger partial charge in [-0.2, -0.15) is 0 Å². The van der Waals surface area contributed by atoms with Crippen LogP contribution in [0, 0.1) is 28.6 Å². The Morgan fingerprint density at radius 3 is 2.24 bits per heavy atom. The summed E-state index contributed by atoms with van der Waals surface area (Å²) in [6.07, 6.45) is 10.6. The van der Waals surface area contributed by atoms with Crippen molar-refractivity contribution in [1.82, 2.24) is 0 Å². The number of hydrogen-bond donors (Lipinski definition) is 0. The number of hydrogen-bond acceptors (Lipinski definition) is 2. The normalized spacial score (nSPS) is 38.5. The molecule has 1 aromatic carbocycles. The van der Waals surface area contributed by atoms with Gasteiger partial charge < -0.3 is 4.43 Å². The van der Waals surface area contributed by atoms with Gasteiger partial charge in [-0.05, 0) is 96.9 Å². The SMILES string of the molecule is CC(C)(C)[Si](C)(C)O[C@H]1CC[C@H]2[C@@H]3[C@H]([Si](C)(C)c4ccccc4)CC4=CC(=O)CC[C@]4(C)[C@H]3CC[C@]12C. The molecule has 0 heterocycles. The summed E-state index contributed by atoms with van der Waals surface area (Å²) in [4.78, 5) is 12.7. The zero-order chi connectivity index (χ0) is 27.0. The Hall–Kier alpha value is -0.976. The molecule has 0 unspecified atom stereocenters. The molecule has 4 aliphatic rings. The Morgan fingerprint density at radius 1 is 0.919 bits per heavy atom. The van der Waals surface area contributed by atoms with Crippen LogP contribution in [0.3, 0.4) is 0 Å². The van der Waals surface area contributed by atoms with E-state index in [9.17, 15) is 4.79 Å². The molecule has 7 atom stereocenters. The van der Waals surface area contributed by atoms with E-state index >= 15 is 0 Å². The minimum atomic E-state index is -1.83. The van der Waals surface area contributed by atoms with Gasteiger partial charge in [-0.15, -0.1) is 0 Å². The zero-order valence-electron chi connectivity index (χ0n) is 25.1. The predicted octanol–water partition coefficient (Wildman–Crippen LogP) is 8.50. The van der Waals surface area contributed by atoms with Crippen LogP contribution in [0.25, 0.3) is 0 Å². The molecule has 3 fully saturated rings. The van der Waals surface area contributed by atoms with Gasteiger partial charge in [0.25, 0.3) is 0 Å². The first-order valence-electron chi connectivity index (χ1n) is 15.1. The van der Waals surface area contributed by atoms with E-state index in [4.69, 9.17) is 4.43 Å². The fourth-order valence-electron chi connectivity index (χ4n) is 9.06. The van der Waals surface area contributed by atoms with Gasteiger partial charge in [0.1, 0.15) is 0 Å². The summed E-state index contributed by atoms with van der Waals surface area (Å²) in [6, 6.07) is 11.4. The molecule has 0 saturated heterocycles. The smallest absolute Gasteiger partial charge is 0.192 e. The van der Waals surface area contributed by atoms with Crippen LogP contribution in [0.5, 0.6) is 0 Å². The molecule has 0 aromatic heterocycles. The Kier molecular flexibility index (Phi) is 6.73. The second-order valence-electron chi connectivity index (χ2n) is 15.7. The van der Waals surface area contributed by atoms with Crippen LogP contribution in [0.2, 0.25) is 36.8 Å². The molecule has 0 bridgehead atoms. The molecule has 4 aliphatic carbocycles. The molecule has 0 N–H and O–H groups in total. The number of allylic oxidation sites excluding steroid dienone is 1. The second kappa shape index (κ2) is 9.03. The Bertz CT molecular complexity index is 1070. The zero-order valence-corrected chi connectivity index (χ0v) is 27.1. The van der Waals surface area contributed by atoms with Crippen LogP contribution in [0.4, 0.5) is 0 Å². The molecular weight excluding hydrogens is 485 g/mol. The van der Waals surface area contributed by atoms with E-state index in [2.05, 4.69) is 97.2 Å².